The van der Waals surface area contributed by atoms with Crippen LogP contribution < -0.4 is 10.6 Å². The Bertz CT molecular complexity index is 348. The van der Waals surface area contributed by atoms with E-state index >= 15 is 0 Å². The second-order valence-electron chi connectivity index (χ2n) is 4.90. The van der Waals surface area contributed by atoms with Gasteiger partial charge in [0.25, 0.3) is 0 Å². The van der Waals surface area contributed by atoms with Crippen LogP contribution in [0.5, 0.6) is 0 Å². The van der Waals surface area contributed by atoms with Gasteiger partial charge in [-0.3, -0.25) is 0 Å². The van der Waals surface area contributed by atoms with E-state index in [0.29, 0.717) is 6.04 Å². The van der Waals surface area contributed by atoms with Crippen LogP contribution in [-0.4, -0.2) is 19.6 Å². The van der Waals surface area contributed by atoms with Crippen LogP contribution in [0, 0.1) is 5.92 Å². The fourth-order valence-corrected chi connectivity index (χ4v) is 2.75. The van der Waals surface area contributed by atoms with Gasteiger partial charge in [-0.2, -0.15) is 0 Å². The number of hydrogen-bond donors (Lipinski definition) is 2. The average Bonchev–Trinajstić information content (AvgIpc) is 2.37. The van der Waals surface area contributed by atoms with Crippen molar-refractivity contribution < 1.29 is 0 Å². The summed E-state index contributed by atoms with van der Waals surface area (Å²) < 4.78 is 1.16. The van der Waals surface area contributed by atoms with Crippen molar-refractivity contribution >= 4 is 15.9 Å². The van der Waals surface area contributed by atoms with Crippen LogP contribution in [0.4, 0.5) is 0 Å². The lowest BCUT2D eigenvalue weighted by Gasteiger charge is -2.25. The van der Waals surface area contributed by atoms with Gasteiger partial charge in [0.1, 0.15) is 0 Å². The van der Waals surface area contributed by atoms with E-state index in [2.05, 4.69) is 57.8 Å². The summed E-state index contributed by atoms with van der Waals surface area (Å²) in [4.78, 5) is 0. The first kappa shape index (κ1) is 13.1. The van der Waals surface area contributed by atoms with E-state index < -0.39 is 0 Å². The van der Waals surface area contributed by atoms with Gasteiger partial charge in [-0.1, -0.05) is 28.1 Å². The number of benzene rings is 1. The van der Waals surface area contributed by atoms with Gasteiger partial charge in [-0.05, 0) is 63.0 Å². The smallest absolute Gasteiger partial charge is 0.0292 e. The molecular weight excluding hydrogens is 276 g/mol. The molecule has 0 aliphatic carbocycles. The number of halogens is 1. The van der Waals surface area contributed by atoms with E-state index in [1.807, 2.05) is 0 Å². The fourth-order valence-electron chi connectivity index (χ4n) is 2.34. The van der Waals surface area contributed by atoms with Gasteiger partial charge in [-0.25, -0.2) is 0 Å². The Morgan fingerprint density at radius 3 is 3.12 bits per heavy atom. The highest BCUT2D eigenvalue weighted by molar-refractivity contribution is 9.10. The van der Waals surface area contributed by atoms with Crippen molar-refractivity contribution in [1.29, 1.82) is 0 Å². The fraction of sp³-hybridized carbons (Fsp3) is 0.571. The number of nitrogens with one attached hydrogen (secondary N) is 2. The molecule has 2 atom stereocenters. The van der Waals surface area contributed by atoms with E-state index in [9.17, 15) is 0 Å². The lowest BCUT2D eigenvalue weighted by Crippen LogP contribution is -2.36. The summed E-state index contributed by atoms with van der Waals surface area (Å²) in [5, 5.41) is 7.09. The van der Waals surface area contributed by atoms with Crippen molar-refractivity contribution in [3.8, 4) is 0 Å². The first-order valence-electron chi connectivity index (χ1n) is 6.45. The Morgan fingerprint density at radius 1 is 1.53 bits per heavy atom. The minimum Gasteiger partial charge on any atom is -0.316 e. The summed E-state index contributed by atoms with van der Waals surface area (Å²) in [6.45, 7) is 5.70. The molecule has 1 aliphatic rings. The summed E-state index contributed by atoms with van der Waals surface area (Å²) in [7, 11) is 0. The Balaban J connectivity index is 1.82. The minimum atomic E-state index is 0.425. The Labute approximate surface area is 112 Å². The molecule has 2 N–H and O–H groups in total. The zero-order chi connectivity index (χ0) is 12.1. The molecule has 2 nitrogen and oxygen atoms in total. The molecule has 1 saturated heterocycles. The van der Waals surface area contributed by atoms with Crippen LogP contribution >= 0.6 is 15.9 Å². The van der Waals surface area contributed by atoms with Crippen molar-refractivity contribution in [3.63, 3.8) is 0 Å². The lowest BCUT2D eigenvalue weighted by molar-refractivity contribution is 0.348. The second kappa shape index (κ2) is 6.53. The molecule has 3 heteroatoms. The molecule has 1 aliphatic heterocycles. The molecule has 2 rings (SSSR count). The zero-order valence-corrected chi connectivity index (χ0v) is 12.0. The average molecular weight is 297 g/mol. The molecule has 94 valence electrons. The zero-order valence-electron chi connectivity index (χ0n) is 10.4. The van der Waals surface area contributed by atoms with Crippen molar-refractivity contribution in [2.24, 2.45) is 5.92 Å². The molecule has 0 radical (unpaired) electrons. The van der Waals surface area contributed by atoms with Gasteiger partial charge in [0, 0.05) is 10.5 Å². The predicted molar refractivity (Wildman–Crippen MR) is 76.2 cm³/mol. The van der Waals surface area contributed by atoms with E-state index in [1.165, 1.54) is 24.9 Å². The molecule has 0 amide bonds. The highest BCUT2D eigenvalue weighted by Gasteiger charge is 2.14. The molecular formula is C14H21BrN2. The largest absolute Gasteiger partial charge is 0.316 e. The van der Waals surface area contributed by atoms with E-state index in [0.717, 1.165) is 23.5 Å². The second-order valence-corrected chi connectivity index (χ2v) is 5.81. The number of piperidine rings is 1. The summed E-state index contributed by atoms with van der Waals surface area (Å²) in [5.74, 6) is 0.790. The maximum atomic E-state index is 3.64. The molecule has 0 saturated carbocycles. The van der Waals surface area contributed by atoms with E-state index in [1.54, 1.807) is 0 Å². The normalized spacial score (nSPS) is 22.4. The third kappa shape index (κ3) is 4.09. The molecule has 1 fully saturated rings. The number of rotatable bonds is 4. The standard InChI is InChI=1S/C14H21BrN2/c1-11(13-5-2-6-14(15)8-13)17-10-12-4-3-7-16-9-12/h2,5-6,8,11-12,16-17H,3-4,7,9-10H2,1H3/t11-,12?/m1/s1. The molecule has 1 aromatic rings. The maximum absolute atomic E-state index is 3.64. The molecule has 1 heterocycles. The molecule has 0 spiro atoms. The summed E-state index contributed by atoms with van der Waals surface area (Å²) in [5.41, 5.74) is 1.35. The van der Waals surface area contributed by atoms with Gasteiger partial charge in [-0.15, -0.1) is 0 Å². The van der Waals surface area contributed by atoms with Gasteiger partial charge in [0.2, 0.25) is 0 Å². The Kier molecular flexibility index (Phi) is 5.01. The first-order chi connectivity index (χ1) is 8.25. The van der Waals surface area contributed by atoms with Crippen LogP contribution in [0.15, 0.2) is 28.7 Å². The third-order valence-electron chi connectivity index (χ3n) is 3.46. The lowest BCUT2D eigenvalue weighted by atomic mass is 9.99. The topological polar surface area (TPSA) is 24.1 Å². The van der Waals surface area contributed by atoms with E-state index in [4.69, 9.17) is 0 Å². The van der Waals surface area contributed by atoms with Crippen molar-refractivity contribution in [3.05, 3.63) is 34.3 Å². The maximum Gasteiger partial charge on any atom is 0.0292 e. The third-order valence-corrected chi connectivity index (χ3v) is 3.95. The SMILES string of the molecule is C[C@@H](NCC1CCCNC1)c1cccc(Br)c1. The van der Waals surface area contributed by atoms with Crippen molar-refractivity contribution in [1.82, 2.24) is 10.6 Å². The predicted octanol–water partition coefficient (Wildman–Crippen LogP) is 3.10. The molecule has 1 aromatic carbocycles. The van der Waals surface area contributed by atoms with Crippen molar-refractivity contribution in [2.75, 3.05) is 19.6 Å². The monoisotopic (exact) mass is 296 g/mol. The highest BCUT2D eigenvalue weighted by Crippen LogP contribution is 2.18. The van der Waals surface area contributed by atoms with Crippen LogP contribution in [0.2, 0.25) is 0 Å². The highest BCUT2D eigenvalue weighted by atomic mass is 79.9. The number of hydrogen-bond acceptors (Lipinski definition) is 2. The van der Waals surface area contributed by atoms with Crippen LogP contribution in [-0.2, 0) is 0 Å². The van der Waals surface area contributed by atoms with Crippen LogP contribution in [0.1, 0.15) is 31.4 Å². The first-order valence-corrected chi connectivity index (χ1v) is 7.24. The van der Waals surface area contributed by atoms with E-state index in [-0.39, 0.29) is 0 Å². The minimum absolute atomic E-state index is 0.425. The quantitative estimate of drug-likeness (QED) is 0.892. The molecule has 17 heavy (non-hydrogen) atoms. The molecule has 1 unspecified atom stereocenters. The van der Waals surface area contributed by atoms with Gasteiger partial charge in [0.05, 0.1) is 0 Å². The van der Waals surface area contributed by atoms with Gasteiger partial charge < -0.3 is 10.6 Å². The Morgan fingerprint density at radius 2 is 2.41 bits per heavy atom. The van der Waals surface area contributed by atoms with Crippen LogP contribution in [0.3, 0.4) is 0 Å². The summed E-state index contributed by atoms with van der Waals surface area (Å²) in [6, 6.07) is 8.97. The summed E-state index contributed by atoms with van der Waals surface area (Å²) >= 11 is 3.52. The molecule has 0 aromatic heterocycles. The molecule has 0 bridgehead atoms. The summed E-state index contributed by atoms with van der Waals surface area (Å²) in [6.07, 6.45) is 2.67. The van der Waals surface area contributed by atoms with Crippen molar-refractivity contribution in [2.45, 2.75) is 25.8 Å². The van der Waals surface area contributed by atoms with Gasteiger partial charge >= 0.3 is 0 Å². The Hall–Kier alpha value is -0.380. The van der Waals surface area contributed by atoms with Crippen LogP contribution in [0.25, 0.3) is 0 Å². The van der Waals surface area contributed by atoms with Gasteiger partial charge in [0.15, 0.2) is 0 Å².